The second-order valence-electron chi connectivity index (χ2n) is 16.2. The molecule has 2 fully saturated rings. The lowest BCUT2D eigenvalue weighted by Crippen LogP contribution is -2.53. The van der Waals surface area contributed by atoms with Crippen LogP contribution in [0.4, 0.5) is 17.5 Å². The van der Waals surface area contributed by atoms with Gasteiger partial charge < -0.3 is 34.4 Å². The molecule has 51 heavy (non-hydrogen) atoms. The van der Waals surface area contributed by atoms with Crippen molar-refractivity contribution < 1.29 is 24.5 Å². The van der Waals surface area contributed by atoms with Crippen molar-refractivity contribution in [3.8, 4) is 11.1 Å². The van der Waals surface area contributed by atoms with Gasteiger partial charge in [-0.1, -0.05) is 32.0 Å². The van der Waals surface area contributed by atoms with Crippen molar-refractivity contribution in [2.45, 2.75) is 105 Å². The van der Waals surface area contributed by atoms with Gasteiger partial charge in [-0.15, -0.1) is 0 Å². The molecule has 5 heterocycles. The lowest BCUT2D eigenvalue weighted by molar-refractivity contribution is -0.136. The first-order valence-corrected chi connectivity index (χ1v) is 18.3. The first-order valence-electron chi connectivity index (χ1n) is 18.3. The number of aliphatic carboxylic acids is 1. The Morgan fingerprint density at radius 1 is 1.02 bits per heavy atom. The van der Waals surface area contributed by atoms with Crippen molar-refractivity contribution in [2.75, 3.05) is 61.3 Å². The largest absolute Gasteiger partial charge is 0.481 e. The minimum atomic E-state index is -0.825. The molecule has 3 aliphatic heterocycles. The minimum Gasteiger partial charge on any atom is -0.481 e. The summed E-state index contributed by atoms with van der Waals surface area (Å²) in [5.41, 5.74) is 8.19. The predicted octanol–water partition coefficient (Wildman–Crippen LogP) is 5.99. The van der Waals surface area contributed by atoms with E-state index >= 15 is 0 Å². The number of carboxylic acids is 1. The zero-order chi connectivity index (χ0) is 37.1. The smallest absolute Gasteiger partial charge is 0.307 e. The Hall–Kier alpha value is -3.80. The molecule has 0 amide bonds. The van der Waals surface area contributed by atoms with Crippen LogP contribution < -0.4 is 14.7 Å². The number of methoxy groups -OCH3 is 1. The lowest BCUT2D eigenvalue weighted by Gasteiger charge is -2.40. The number of aromatic nitrogens is 3. The molecular weight excluding hydrogens is 644 g/mol. The van der Waals surface area contributed by atoms with Crippen LogP contribution in [-0.4, -0.2) is 95.4 Å². The predicted molar refractivity (Wildman–Crippen MR) is 203 cm³/mol. The molecule has 2 unspecified atom stereocenters. The third kappa shape index (κ3) is 9.55. The molecule has 278 valence electrons. The van der Waals surface area contributed by atoms with Crippen LogP contribution in [0.15, 0.2) is 30.5 Å². The van der Waals surface area contributed by atoms with Gasteiger partial charge in [0.2, 0.25) is 5.95 Å². The Morgan fingerprint density at radius 3 is 2.39 bits per heavy atom. The number of pyridine rings is 1. The van der Waals surface area contributed by atoms with Crippen LogP contribution in [-0.2, 0) is 33.7 Å². The van der Waals surface area contributed by atoms with E-state index in [2.05, 4.69) is 65.6 Å². The summed E-state index contributed by atoms with van der Waals surface area (Å²) in [4.78, 5) is 33.6. The average molecular weight is 703 g/mol. The van der Waals surface area contributed by atoms with E-state index in [0.29, 0.717) is 25.8 Å². The number of ether oxygens (including phenoxy) is 2. The number of hydrogen-bond acceptors (Lipinski definition) is 10. The molecule has 2 N–H and O–H groups in total. The fraction of sp³-hybridized carbons (Fsp3) is 0.600. The van der Waals surface area contributed by atoms with Crippen molar-refractivity contribution in [1.82, 2.24) is 15.0 Å². The van der Waals surface area contributed by atoms with Crippen LogP contribution in [0.25, 0.3) is 11.1 Å². The van der Waals surface area contributed by atoms with E-state index in [-0.39, 0.29) is 23.9 Å². The maximum atomic E-state index is 12.0. The van der Waals surface area contributed by atoms with Crippen molar-refractivity contribution in [3.63, 3.8) is 0 Å². The quantitative estimate of drug-likeness (QED) is 0.288. The highest BCUT2D eigenvalue weighted by atomic mass is 16.5. The Morgan fingerprint density at radius 2 is 1.73 bits per heavy atom. The summed E-state index contributed by atoms with van der Waals surface area (Å²) in [5, 5.41) is 18.4. The number of rotatable bonds is 8. The molecule has 2 aromatic heterocycles. The van der Waals surface area contributed by atoms with Gasteiger partial charge in [0.1, 0.15) is 5.82 Å². The van der Waals surface area contributed by atoms with E-state index in [1.54, 1.807) is 27.9 Å². The van der Waals surface area contributed by atoms with E-state index in [4.69, 9.17) is 24.5 Å². The van der Waals surface area contributed by atoms with Crippen LogP contribution in [0.1, 0.15) is 82.5 Å². The number of nitrogens with zero attached hydrogens (tertiary/aromatic N) is 6. The first-order chi connectivity index (χ1) is 24.0. The zero-order valence-corrected chi connectivity index (χ0v) is 32.1. The fourth-order valence-electron chi connectivity index (χ4n) is 7.38. The number of morpholine rings is 1. The molecule has 11 nitrogen and oxygen atoms in total. The molecule has 0 bridgehead atoms. The maximum absolute atomic E-state index is 12.0. The van der Waals surface area contributed by atoms with Gasteiger partial charge in [-0.25, -0.2) is 4.98 Å². The van der Waals surface area contributed by atoms with Crippen molar-refractivity contribution in [2.24, 2.45) is 5.41 Å². The molecular formula is C40H58N6O5. The Labute approximate surface area is 304 Å². The molecule has 6 rings (SSSR count). The number of hydrogen-bond donors (Lipinski definition) is 2. The van der Waals surface area contributed by atoms with Gasteiger partial charge in [0, 0.05) is 62.0 Å². The van der Waals surface area contributed by atoms with Gasteiger partial charge in [-0.3, -0.25) is 9.78 Å². The standard InChI is InChI=1S/C36H48N6O4.C4H10O/c1-23-20-46-22-29(21-45-6)42(23)35-37-13-9-31(39-35)41-14-10-26-17-27(7-8-28(26)19-41)33-25(3)38-24(2)30(18-32(43)44)34(33)40-15-11-36(4,5)12-16-40;1-4(2,3)5/h7-9,13,17,23,29H,10-12,14-16,18-22H2,1-6H3,(H,43,44);5H,1-3H3. The summed E-state index contributed by atoms with van der Waals surface area (Å²) >= 11 is 0. The Kier molecular flexibility index (Phi) is 11.9. The summed E-state index contributed by atoms with van der Waals surface area (Å²) in [6.07, 6.45) is 4.85. The molecule has 2 saturated heterocycles. The Balaban J connectivity index is 0.000000943. The number of benzene rings is 1. The normalized spacial score (nSPS) is 20.4. The summed E-state index contributed by atoms with van der Waals surface area (Å²) in [6, 6.07) is 8.96. The molecule has 3 aromatic rings. The molecule has 1 aromatic carbocycles. The number of anilines is 3. The van der Waals surface area contributed by atoms with Crippen molar-refractivity contribution >= 4 is 23.4 Å². The molecule has 3 aliphatic rings. The molecule has 11 heteroatoms. The number of aliphatic hydroxyl groups is 1. The zero-order valence-electron chi connectivity index (χ0n) is 32.1. The molecule has 0 saturated carbocycles. The van der Waals surface area contributed by atoms with E-state index in [0.717, 1.165) is 85.0 Å². The van der Waals surface area contributed by atoms with Crippen LogP contribution >= 0.6 is 0 Å². The van der Waals surface area contributed by atoms with Crippen LogP contribution in [0.5, 0.6) is 0 Å². The van der Waals surface area contributed by atoms with Crippen molar-refractivity contribution in [3.05, 3.63) is 58.5 Å². The van der Waals surface area contributed by atoms with Gasteiger partial charge in [-0.05, 0) is 89.0 Å². The molecule has 0 aliphatic carbocycles. The number of fused-ring (bicyclic) bond motifs is 1. The van der Waals surface area contributed by atoms with Crippen LogP contribution in [0.3, 0.4) is 0 Å². The topological polar surface area (TPSA) is 124 Å². The third-order valence-electron chi connectivity index (χ3n) is 10.0. The number of aryl methyl sites for hydroxylation is 2. The van der Waals surface area contributed by atoms with E-state index < -0.39 is 11.6 Å². The van der Waals surface area contributed by atoms with Crippen LogP contribution in [0, 0.1) is 19.3 Å². The lowest BCUT2D eigenvalue weighted by atomic mass is 9.82. The average Bonchev–Trinajstić information content (AvgIpc) is 3.05. The summed E-state index contributed by atoms with van der Waals surface area (Å²) in [6.45, 7) is 21.2. The first kappa shape index (κ1) is 38.4. The molecule has 0 radical (unpaired) electrons. The fourth-order valence-corrected chi connectivity index (χ4v) is 7.38. The highest BCUT2D eigenvalue weighted by Gasteiger charge is 2.33. The number of carbonyl (C=O) groups is 1. The van der Waals surface area contributed by atoms with Gasteiger partial charge >= 0.3 is 5.97 Å². The Bertz CT molecular complexity index is 1670. The van der Waals surface area contributed by atoms with Gasteiger partial charge in [0.25, 0.3) is 0 Å². The van der Waals surface area contributed by atoms with Gasteiger partial charge in [0.15, 0.2) is 0 Å². The SMILES string of the molecule is CC(C)(C)O.COCC1COCC(C)N1c1nccc(N2CCc3cc(-c4c(C)nc(C)c(CC(=O)O)c4N4CCC(C)(C)CC4)ccc3C2)n1. The highest BCUT2D eigenvalue weighted by Crippen LogP contribution is 2.42. The van der Waals surface area contributed by atoms with Gasteiger partial charge in [0.05, 0.1) is 49.6 Å². The highest BCUT2D eigenvalue weighted by molar-refractivity contribution is 5.86. The van der Waals surface area contributed by atoms with E-state index in [1.165, 1.54) is 11.1 Å². The monoisotopic (exact) mass is 702 g/mol. The van der Waals surface area contributed by atoms with Crippen LogP contribution in [0.2, 0.25) is 0 Å². The van der Waals surface area contributed by atoms with E-state index in [1.807, 2.05) is 19.2 Å². The maximum Gasteiger partial charge on any atom is 0.307 e. The number of carboxylic acid groups (broad SMARTS) is 1. The van der Waals surface area contributed by atoms with E-state index in [9.17, 15) is 9.90 Å². The summed E-state index contributed by atoms with van der Waals surface area (Å²) in [7, 11) is 1.71. The second kappa shape index (κ2) is 15.8. The number of piperidine rings is 1. The minimum absolute atomic E-state index is 0.0302. The summed E-state index contributed by atoms with van der Waals surface area (Å²) in [5.74, 6) is 0.806. The third-order valence-corrected chi connectivity index (χ3v) is 10.0. The molecule has 2 atom stereocenters. The van der Waals surface area contributed by atoms with Crippen molar-refractivity contribution in [1.29, 1.82) is 0 Å². The van der Waals surface area contributed by atoms with Gasteiger partial charge in [-0.2, -0.15) is 4.98 Å². The molecule has 0 spiro atoms. The second-order valence-corrected chi connectivity index (χ2v) is 16.2. The summed E-state index contributed by atoms with van der Waals surface area (Å²) < 4.78 is 11.3.